The molecule has 1 saturated heterocycles. The normalized spacial score (nSPS) is 20.1. The van der Waals surface area contributed by atoms with E-state index in [9.17, 15) is 0 Å². The molecule has 136 valence electrons. The van der Waals surface area contributed by atoms with Gasteiger partial charge in [-0.25, -0.2) is 4.99 Å². The highest BCUT2D eigenvalue weighted by Gasteiger charge is 2.34. The number of thioether (sulfide) groups is 1. The van der Waals surface area contributed by atoms with Crippen molar-refractivity contribution in [2.24, 2.45) is 4.99 Å². The second kappa shape index (κ2) is 7.01. The maximum absolute atomic E-state index is 5.12. The quantitative estimate of drug-likeness (QED) is 0.620. The van der Waals surface area contributed by atoms with Gasteiger partial charge >= 0.3 is 0 Å². The molecule has 0 aliphatic carbocycles. The van der Waals surface area contributed by atoms with Crippen LogP contribution in [0, 0.1) is 0 Å². The van der Waals surface area contributed by atoms with E-state index in [0.717, 1.165) is 48.1 Å². The third kappa shape index (κ3) is 3.12. The Labute approximate surface area is 164 Å². The molecule has 2 aliphatic heterocycles. The first-order chi connectivity index (χ1) is 13.3. The van der Waals surface area contributed by atoms with Gasteiger partial charge in [0.05, 0.1) is 5.69 Å². The molecule has 1 unspecified atom stereocenters. The van der Waals surface area contributed by atoms with Crippen LogP contribution in [0.3, 0.4) is 0 Å². The highest BCUT2D eigenvalue weighted by atomic mass is 32.2. The number of aliphatic imine (C=N–C) groups is 1. The Morgan fingerprint density at radius 3 is 2.93 bits per heavy atom. The minimum atomic E-state index is 0.566. The molecule has 0 bridgehead atoms. The lowest BCUT2D eigenvalue weighted by atomic mass is 9.95. The molecule has 3 nitrogen and oxygen atoms in total. The second-order valence-electron chi connectivity index (χ2n) is 7.38. The molecule has 1 aromatic heterocycles. The monoisotopic (exact) mass is 373 g/mol. The molecule has 4 heteroatoms. The average Bonchev–Trinajstić information content (AvgIpc) is 3.08. The first-order valence-electron chi connectivity index (χ1n) is 9.74. The van der Waals surface area contributed by atoms with Gasteiger partial charge in [0.1, 0.15) is 0 Å². The fraction of sp³-hybridized carbons (Fsp3) is 0.304. The topological polar surface area (TPSA) is 28.5 Å². The number of aromatic nitrogens is 1. The maximum atomic E-state index is 5.12. The molecule has 3 heterocycles. The molecule has 0 radical (unpaired) electrons. The van der Waals surface area contributed by atoms with E-state index in [2.05, 4.69) is 65.3 Å². The third-order valence-corrected chi connectivity index (χ3v) is 6.66. The molecule has 5 rings (SSSR count). The van der Waals surface area contributed by atoms with Gasteiger partial charge in [0.25, 0.3) is 0 Å². The zero-order valence-corrected chi connectivity index (χ0v) is 16.4. The van der Waals surface area contributed by atoms with Gasteiger partial charge < -0.3 is 4.90 Å². The summed E-state index contributed by atoms with van der Waals surface area (Å²) in [6.07, 6.45) is 5.24. The summed E-state index contributed by atoms with van der Waals surface area (Å²) in [4.78, 5) is 12.2. The van der Waals surface area contributed by atoms with Gasteiger partial charge in [0, 0.05) is 41.0 Å². The van der Waals surface area contributed by atoms with Crippen LogP contribution in [0.2, 0.25) is 0 Å². The Kier molecular flexibility index (Phi) is 4.36. The molecular formula is C23H23N3S. The zero-order chi connectivity index (χ0) is 18.2. The highest BCUT2D eigenvalue weighted by molar-refractivity contribution is 8.14. The van der Waals surface area contributed by atoms with E-state index in [1.165, 1.54) is 21.9 Å². The molecule has 2 aliphatic rings. The Balaban J connectivity index is 1.53. The van der Waals surface area contributed by atoms with E-state index in [0.29, 0.717) is 6.04 Å². The molecule has 27 heavy (non-hydrogen) atoms. The van der Waals surface area contributed by atoms with Crippen LogP contribution in [-0.4, -0.2) is 26.8 Å². The summed E-state index contributed by atoms with van der Waals surface area (Å²) in [6.45, 7) is 3.17. The average molecular weight is 374 g/mol. The highest BCUT2D eigenvalue weighted by Crippen LogP contribution is 2.36. The van der Waals surface area contributed by atoms with Crippen molar-refractivity contribution in [1.82, 2.24) is 9.88 Å². The Hall–Kier alpha value is -2.33. The molecule has 0 amide bonds. The lowest BCUT2D eigenvalue weighted by molar-refractivity contribution is 0.320. The van der Waals surface area contributed by atoms with Crippen LogP contribution >= 0.6 is 11.8 Å². The summed E-state index contributed by atoms with van der Waals surface area (Å²) >= 11 is 1.90. The van der Waals surface area contributed by atoms with Gasteiger partial charge in [0.2, 0.25) is 0 Å². The van der Waals surface area contributed by atoms with E-state index >= 15 is 0 Å². The summed E-state index contributed by atoms with van der Waals surface area (Å²) in [7, 11) is 0. The van der Waals surface area contributed by atoms with Crippen LogP contribution < -0.4 is 0 Å². The van der Waals surface area contributed by atoms with E-state index in [-0.39, 0.29) is 0 Å². The maximum Gasteiger partial charge on any atom is 0.165 e. The minimum absolute atomic E-state index is 0.566. The van der Waals surface area contributed by atoms with Crippen LogP contribution in [-0.2, 0) is 19.4 Å². The van der Waals surface area contributed by atoms with Crippen LogP contribution in [0.5, 0.6) is 0 Å². The van der Waals surface area contributed by atoms with Gasteiger partial charge in [-0.1, -0.05) is 61.5 Å². The number of fused-ring (bicyclic) bond motifs is 3. The number of hydrogen-bond acceptors (Lipinski definition) is 3. The van der Waals surface area contributed by atoms with Crippen molar-refractivity contribution >= 4 is 33.4 Å². The van der Waals surface area contributed by atoms with Crippen molar-refractivity contribution < 1.29 is 0 Å². The van der Waals surface area contributed by atoms with Gasteiger partial charge in [-0.05, 0) is 36.1 Å². The van der Waals surface area contributed by atoms with Crippen molar-refractivity contribution in [2.75, 3.05) is 5.75 Å². The van der Waals surface area contributed by atoms with Gasteiger partial charge in [-0.3, -0.25) is 4.98 Å². The van der Waals surface area contributed by atoms with E-state index < -0.39 is 0 Å². The van der Waals surface area contributed by atoms with Crippen molar-refractivity contribution in [3.63, 3.8) is 0 Å². The Bertz CT molecular complexity index is 1030. The molecule has 2 aromatic carbocycles. The summed E-state index contributed by atoms with van der Waals surface area (Å²) in [5, 5.41) is 3.54. The second-order valence-corrected chi connectivity index (χ2v) is 8.37. The molecule has 0 N–H and O–H groups in total. The number of nitrogens with zero attached hydrogens (tertiary/aromatic N) is 3. The summed E-state index contributed by atoms with van der Waals surface area (Å²) in [6, 6.07) is 18.0. The lowest BCUT2D eigenvalue weighted by Crippen LogP contribution is -2.38. The molecule has 0 saturated carbocycles. The number of amidine groups is 1. The number of hydrogen-bond donors (Lipinski definition) is 0. The number of pyridine rings is 1. The van der Waals surface area contributed by atoms with Crippen LogP contribution in [0.15, 0.2) is 59.7 Å². The zero-order valence-electron chi connectivity index (χ0n) is 15.6. The molecule has 1 atom stereocenters. The fourth-order valence-corrected chi connectivity index (χ4v) is 5.28. The van der Waals surface area contributed by atoms with Gasteiger partial charge in [-0.2, -0.15) is 0 Å². The molecule has 3 aromatic rings. The SMILES string of the molecule is CCCc1cc2c(N=C3SCC4Cc5ccccc5CN34)cccc2cn1. The first kappa shape index (κ1) is 16.8. The van der Waals surface area contributed by atoms with Crippen molar-refractivity contribution in [1.29, 1.82) is 0 Å². The summed E-state index contributed by atoms with van der Waals surface area (Å²) in [5.74, 6) is 1.13. The largest absolute Gasteiger partial charge is 0.343 e. The Morgan fingerprint density at radius 2 is 2.04 bits per heavy atom. The summed E-state index contributed by atoms with van der Waals surface area (Å²) in [5.41, 5.74) is 5.16. The van der Waals surface area contributed by atoms with Gasteiger partial charge in [0.15, 0.2) is 5.17 Å². The predicted octanol–water partition coefficient (Wildman–Crippen LogP) is 5.35. The first-order valence-corrected chi connectivity index (χ1v) is 10.7. The lowest BCUT2D eigenvalue weighted by Gasteiger charge is -2.32. The third-order valence-electron chi connectivity index (χ3n) is 5.53. The van der Waals surface area contributed by atoms with E-state index in [4.69, 9.17) is 4.99 Å². The van der Waals surface area contributed by atoms with Crippen molar-refractivity contribution in [2.45, 2.75) is 38.8 Å². The number of benzene rings is 2. The molecule has 1 fully saturated rings. The standard InChI is InChI=1S/C23H23N3S/c1-2-6-19-12-21-17(13-24-19)9-5-10-22(21)25-23-26-14-18-8-4-3-7-16(18)11-20(26)15-27-23/h3-5,7-10,12-13,20H,2,6,11,14-15H2,1H3. The smallest absolute Gasteiger partial charge is 0.165 e. The number of rotatable bonds is 3. The van der Waals surface area contributed by atoms with Crippen LogP contribution in [0.25, 0.3) is 10.8 Å². The van der Waals surface area contributed by atoms with Crippen molar-refractivity contribution in [3.8, 4) is 0 Å². The Morgan fingerprint density at radius 1 is 1.15 bits per heavy atom. The minimum Gasteiger partial charge on any atom is -0.343 e. The summed E-state index contributed by atoms with van der Waals surface area (Å²) < 4.78 is 0. The van der Waals surface area contributed by atoms with E-state index in [1.54, 1.807) is 0 Å². The molecular weight excluding hydrogens is 350 g/mol. The molecule has 0 spiro atoms. The van der Waals surface area contributed by atoms with E-state index in [1.807, 2.05) is 18.0 Å². The van der Waals surface area contributed by atoms with Crippen molar-refractivity contribution in [3.05, 3.63) is 71.5 Å². The number of aryl methyl sites for hydroxylation is 1. The fourth-order valence-electron chi connectivity index (χ4n) is 4.10. The van der Waals surface area contributed by atoms with Gasteiger partial charge in [-0.15, -0.1) is 0 Å². The van der Waals surface area contributed by atoms with Crippen LogP contribution in [0.4, 0.5) is 5.69 Å². The predicted molar refractivity (Wildman–Crippen MR) is 115 cm³/mol. The van der Waals surface area contributed by atoms with Crippen LogP contribution in [0.1, 0.15) is 30.2 Å².